The quantitative estimate of drug-likeness (QED) is 0.858. The van der Waals surface area contributed by atoms with Crippen LogP contribution in [0.4, 0.5) is 0 Å². The number of rotatable bonds is 4. The third-order valence-corrected chi connectivity index (χ3v) is 6.52. The van der Waals surface area contributed by atoms with E-state index in [1.54, 1.807) is 4.31 Å². The predicted octanol–water partition coefficient (Wildman–Crippen LogP) is 1.83. The third kappa shape index (κ3) is 4.72. The van der Waals surface area contributed by atoms with Crippen LogP contribution in [0.15, 0.2) is 0 Å². The molecular formula is C14H28N2O2S. The summed E-state index contributed by atoms with van der Waals surface area (Å²) in [6.07, 6.45) is 6.32. The number of piperidine rings is 1. The second-order valence-electron chi connectivity index (χ2n) is 6.23. The van der Waals surface area contributed by atoms with Gasteiger partial charge in [-0.05, 0) is 63.5 Å². The van der Waals surface area contributed by atoms with Crippen molar-refractivity contribution in [2.75, 3.05) is 31.9 Å². The second kappa shape index (κ2) is 7.04. The molecule has 19 heavy (non-hydrogen) atoms. The van der Waals surface area contributed by atoms with Crippen molar-refractivity contribution in [1.29, 1.82) is 0 Å². The second-order valence-corrected chi connectivity index (χ2v) is 8.32. The monoisotopic (exact) mass is 288 g/mol. The van der Waals surface area contributed by atoms with Crippen molar-refractivity contribution in [3.8, 4) is 0 Å². The fraction of sp³-hybridized carbons (Fsp3) is 1.00. The van der Waals surface area contributed by atoms with E-state index in [4.69, 9.17) is 0 Å². The van der Waals surface area contributed by atoms with Crippen LogP contribution in [0, 0.1) is 11.8 Å². The minimum absolute atomic E-state index is 0.353. The SMILES string of the molecule is CC1CCCN(S(=O)(=O)CCC2CCNCC2)CC1. The molecule has 0 radical (unpaired) electrons. The Bertz CT molecular complexity index is 364. The summed E-state index contributed by atoms with van der Waals surface area (Å²) in [5.74, 6) is 1.62. The Hall–Kier alpha value is -0.130. The first kappa shape index (κ1) is 15.3. The highest BCUT2D eigenvalue weighted by Gasteiger charge is 2.26. The molecule has 2 saturated heterocycles. The van der Waals surface area contributed by atoms with Crippen molar-refractivity contribution in [3.05, 3.63) is 0 Å². The summed E-state index contributed by atoms with van der Waals surface area (Å²) in [5, 5.41) is 3.33. The maximum atomic E-state index is 12.4. The summed E-state index contributed by atoms with van der Waals surface area (Å²) in [5.41, 5.74) is 0. The Morgan fingerprint density at radius 3 is 2.58 bits per heavy atom. The Labute approximate surface area is 118 Å². The van der Waals surface area contributed by atoms with Crippen molar-refractivity contribution in [3.63, 3.8) is 0 Å². The summed E-state index contributed by atoms with van der Waals surface area (Å²) in [4.78, 5) is 0. The van der Waals surface area contributed by atoms with Crippen LogP contribution in [0.2, 0.25) is 0 Å². The van der Waals surface area contributed by atoms with E-state index in [1.165, 1.54) is 6.42 Å². The molecule has 2 fully saturated rings. The first-order valence-corrected chi connectivity index (χ1v) is 9.37. The van der Waals surface area contributed by atoms with Crippen LogP contribution in [0.25, 0.3) is 0 Å². The highest BCUT2D eigenvalue weighted by Crippen LogP contribution is 2.21. The minimum atomic E-state index is -3.02. The van der Waals surface area contributed by atoms with Crippen LogP contribution in [0.1, 0.15) is 45.4 Å². The summed E-state index contributed by atoms with van der Waals surface area (Å²) >= 11 is 0. The molecule has 0 spiro atoms. The van der Waals surface area contributed by atoms with Crippen LogP contribution in [-0.2, 0) is 10.0 Å². The fourth-order valence-electron chi connectivity index (χ4n) is 3.13. The Morgan fingerprint density at radius 1 is 1.11 bits per heavy atom. The van der Waals surface area contributed by atoms with E-state index >= 15 is 0 Å². The molecule has 2 rings (SSSR count). The van der Waals surface area contributed by atoms with Gasteiger partial charge in [-0.3, -0.25) is 0 Å². The first-order chi connectivity index (χ1) is 9.08. The molecule has 0 aromatic rings. The van der Waals surface area contributed by atoms with E-state index in [2.05, 4.69) is 12.2 Å². The average molecular weight is 288 g/mol. The Kier molecular flexibility index (Phi) is 5.66. The molecule has 5 heteroatoms. The van der Waals surface area contributed by atoms with Gasteiger partial charge in [-0.25, -0.2) is 12.7 Å². The Morgan fingerprint density at radius 2 is 1.84 bits per heavy atom. The largest absolute Gasteiger partial charge is 0.317 e. The summed E-state index contributed by atoms with van der Waals surface area (Å²) in [7, 11) is -3.02. The lowest BCUT2D eigenvalue weighted by Gasteiger charge is -2.25. The lowest BCUT2D eigenvalue weighted by molar-refractivity contribution is 0.359. The molecule has 0 aromatic heterocycles. The van der Waals surface area contributed by atoms with Gasteiger partial charge >= 0.3 is 0 Å². The summed E-state index contributed by atoms with van der Waals surface area (Å²) < 4.78 is 26.5. The van der Waals surface area contributed by atoms with Crippen molar-refractivity contribution in [1.82, 2.24) is 9.62 Å². The van der Waals surface area contributed by atoms with E-state index in [0.29, 0.717) is 17.6 Å². The van der Waals surface area contributed by atoms with Crippen molar-refractivity contribution >= 4 is 10.0 Å². The van der Waals surface area contributed by atoms with Gasteiger partial charge in [0.25, 0.3) is 0 Å². The van der Waals surface area contributed by atoms with Crippen LogP contribution in [0.3, 0.4) is 0 Å². The highest BCUT2D eigenvalue weighted by atomic mass is 32.2. The molecular weight excluding hydrogens is 260 g/mol. The molecule has 2 aliphatic rings. The summed E-state index contributed by atoms with van der Waals surface area (Å²) in [6.45, 7) is 5.79. The van der Waals surface area contributed by atoms with Gasteiger partial charge in [-0.15, -0.1) is 0 Å². The minimum Gasteiger partial charge on any atom is -0.317 e. The maximum Gasteiger partial charge on any atom is 0.214 e. The molecule has 0 aromatic carbocycles. The number of sulfonamides is 1. The summed E-state index contributed by atoms with van der Waals surface area (Å²) in [6, 6.07) is 0. The molecule has 0 saturated carbocycles. The molecule has 0 amide bonds. The van der Waals surface area contributed by atoms with E-state index in [-0.39, 0.29) is 0 Å². The van der Waals surface area contributed by atoms with Crippen LogP contribution < -0.4 is 5.32 Å². The first-order valence-electron chi connectivity index (χ1n) is 7.76. The zero-order valence-electron chi connectivity index (χ0n) is 12.1. The van der Waals surface area contributed by atoms with E-state index in [0.717, 1.165) is 58.3 Å². The number of nitrogens with one attached hydrogen (secondary N) is 1. The standard InChI is InChI=1S/C14H28N2O2S/c1-13-3-2-10-16(11-6-13)19(17,18)12-7-14-4-8-15-9-5-14/h13-15H,2-12H2,1H3. The smallest absolute Gasteiger partial charge is 0.214 e. The molecule has 1 N–H and O–H groups in total. The molecule has 2 heterocycles. The molecule has 1 unspecified atom stereocenters. The van der Waals surface area contributed by atoms with Gasteiger partial charge < -0.3 is 5.32 Å². The van der Waals surface area contributed by atoms with Crippen molar-refractivity contribution in [2.24, 2.45) is 11.8 Å². The normalized spacial score (nSPS) is 28.2. The van der Waals surface area contributed by atoms with Gasteiger partial charge in [0.1, 0.15) is 0 Å². The van der Waals surface area contributed by atoms with Crippen LogP contribution >= 0.6 is 0 Å². The van der Waals surface area contributed by atoms with Gasteiger partial charge in [-0.2, -0.15) is 0 Å². The fourth-order valence-corrected chi connectivity index (χ4v) is 4.81. The van der Waals surface area contributed by atoms with Gasteiger partial charge in [0.05, 0.1) is 5.75 Å². The number of hydrogen-bond donors (Lipinski definition) is 1. The molecule has 4 nitrogen and oxygen atoms in total. The lowest BCUT2D eigenvalue weighted by Crippen LogP contribution is -2.35. The molecule has 0 aliphatic carbocycles. The lowest BCUT2D eigenvalue weighted by atomic mass is 9.96. The van der Waals surface area contributed by atoms with E-state index in [9.17, 15) is 8.42 Å². The topological polar surface area (TPSA) is 49.4 Å². The number of nitrogens with zero attached hydrogens (tertiary/aromatic N) is 1. The zero-order valence-corrected chi connectivity index (χ0v) is 12.9. The molecule has 0 bridgehead atoms. The average Bonchev–Trinajstić information content (AvgIpc) is 2.63. The molecule has 2 aliphatic heterocycles. The van der Waals surface area contributed by atoms with Crippen LogP contribution in [0.5, 0.6) is 0 Å². The zero-order chi connectivity index (χ0) is 13.7. The van der Waals surface area contributed by atoms with E-state index in [1.807, 2.05) is 0 Å². The van der Waals surface area contributed by atoms with Gasteiger partial charge in [-0.1, -0.05) is 6.92 Å². The van der Waals surface area contributed by atoms with Gasteiger partial charge in [0.15, 0.2) is 0 Å². The van der Waals surface area contributed by atoms with E-state index < -0.39 is 10.0 Å². The Balaban J connectivity index is 1.83. The number of hydrogen-bond acceptors (Lipinski definition) is 3. The molecule has 112 valence electrons. The van der Waals surface area contributed by atoms with Crippen LogP contribution in [-0.4, -0.2) is 44.7 Å². The maximum absolute atomic E-state index is 12.4. The van der Waals surface area contributed by atoms with Gasteiger partial charge in [0, 0.05) is 13.1 Å². The highest BCUT2D eigenvalue weighted by molar-refractivity contribution is 7.89. The van der Waals surface area contributed by atoms with Crippen molar-refractivity contribution in [2.45, 2.75) is 45.4 Å². The predicted molar refractivity (Wildman–Crippen MR) is 78.6 cm³/mol. The molecule has 1 atom stereocenters. The third-order valence-electron chi connectivity index (χ3n) is 4.61. The van der Waals surface area contributed by atoms with Crippen molar-refractivity contribution < 1.29 is 8.42 Å². The van der Waals surface area contributed by atoms with Gasteiger partial charge in [0.2, 0.25) is 10.0 Å².